The van der Waals surface area contributed by atoms with E-state index in [0.29, 0.717) is 5.56 Å². The van der Waals surface area contributed by atoms with Gasteiger partial charge in [-0.3, -0.25) is 9.78 Å². The summed E-state index contributed by atoms with van der Waals surface area (Å²) < 4.78 is 0. The minimum Gasteiger partial charge on any atom is -0.298 e. The topological polar surface area (TPSA) is 53.8 Å². The molecule has 1 aromatic rings. The number of hydrogen-bond acceptors (Lipinski definition) is 3. The number of aromatic nitrogens is 1. The summed E-state index contributed by atoms with van der Waals surface area (Å²) in [6.45, 7) is 3.27. The molecule has 66 valence electrons. The van der Waals surface area contributed by atoms with Crippen molar-refractivity contribution >= 4 is 5.78 Å². The molecule has 1 aromatic heterocycles. The molecule has 1 unspecified atom stereocenters. The summed E-state index contributed by atoms with van der Waals surface area (Å²) >= 11 is 0. The summed E-state index contributed by atoms with van der Waals surface area (Å²) in [5, 5.41) is 8.72. The predicted molar refractivity (Wildman–Crippen MR) is 48.0 cm³/mol. The molecule has 0 radical (unpaired) electrons. The van der Waals surface area contributed by atoms with E-state index in [0.717, 1.165) is 5.69 Å². The van der Waals surface area contributed by atoms with Crippen LogP contribution in [0.25, 0.3) is 0 Å². The van der Waals surface area contributed by atoms with Crippen LogP contribution in [0.1, 0.15) is 24.1 Å². The highest BCUT2D eigenvalue weighted by Crippen LogP contribution is 2.14. The third-order valence-corrected chi connectivity index (χ3v) is 1.80. The summed E-state index contributed by atoms with van der Waals surface area (Å²) in [6.07, 6.45) is 1.57. The molecule has 0 N–H and O–H groups in total. The first-order chi connectivity index (χ1) is 6.15. The van der Waals surface area contributed by atoms with E-state index in [1.54, 1.807) is 18.3 Å². The Labute approximate surface area is 77.0 Å². The Kier molecular flexibility index (Phi) is 2.76. The molecule has 0 aliphatic carbocycles. The van der Waals surface area contributed by atoms with E-state index in [2.05, 4.69) is 4.98 Å². The Morgan fingerprint density at radius 2 is 2.31 bits per heavy atom. The van der Waals surface area contributed by atoms with Crippen molar-refractivity contribution in [1.82, 2.24) is 4.98 Å². The minimum absolute atomic E-state index is 0.145. The van der Waals surface area contributed by atoms with Crippen molar-refractivity contribution in [3.8, 4) is 6.07 Å². The average molecular weight is 174 g/mol. The van der Waals surface area contributed by atoms with Crippen LogP contribution in [-0.4, -0.2) is 10.8 Å². The highest BCUT2D eigenvalue weighted by atomic mass is 16.1. The van der Waals surface area contributed by atoms with Gasteiger partial charge in [0.1, 0.15) is 5.92 Å². The van der Waals surface area contributed by atoms with Crippen molar-refractivity contribution in [2.75, 3.05) is 0 Å². The number of ketones is 1. The van der Waals surface area contributed by atoms with Gasteiger partial charge in [0.15, 0.2) is 5.78 Å². The summed E-state index contributed by atoms with van der Waals surface area (Å²) in [6, 6.07) is 5.50. The molecular weight excluding hydrogens is 164 g/mol. The highest BCUT2D eigenvalue weighted by Gasteiger charge is 2.15. The zero-order valence-corrected chi connectivity index (χ0v) is 7.61. The third-order valence-electron chi connectivity index (χ3n) is 1.80. The van der Waals surface area contributed by atoms with Crippen molar-refractivity contribution in [2.24, 2.45) is 0 Å². The van der Waals surface area contributed by atoms with Gasteiger partial charge in [0.25, 0.3) is 0 Å². The average Bonchev–Trinajstić information content (AvgIpc) is 2.09. The van der Waals surface area contributed by atoms with Gasteiger partial charge in [0, 0.05) is 11.9 Å². The fourth-order valence-corrected chi connectivity index (χ4v) is 1.05. The van der Waals surface area contributed by atoms with E-state index in [4.69, 9.17) is 5.26 Å². The van der Waals surface area contributed by atoms with Crippen LogP contribution in [0.2, 0.25) is 0 Å². The minimum atomic E-state index is -0.673. The Balaban J connectivity index is 3.01. The number of carbonyl (C=O) groups is 1. The molecule has 3 heteroatoms. The van der Waals surface area contributed by atoms with Crippen molar-refractivity contribution in [3.63, 3.8) is 0 Å². The molecule has 0 fully saturated rings. The second kappa shape index (κ2) is 3.81. The summed E-state index contributed by atoms with van der Waals surface area (Å²) in [7, 11) is 0. The molecule has 0 aromatic carbocycles. The van der Waals surface area contributed by atoms with Gasteiger partial charge in [-0.05, 0) is 25.5 Å². The first-order valence-corrected chi connectivity index (χ1v) is 3.97. The molecule has 1 atom stereocenters. The number of pyridine rings is 1. The molecule has 0 amide bonds. The largest absolute Gasteiger partial charge is 0.298 e. The Morgan fingerprint density at radius 1 is 1.62 bits per heavy atom. The number of aryl methyl sites for hydroxylation is 1. The van der Waals surface area contributed by atoms with Crippen molar-refractivity contribution in [2.45, 2.75) is 19.8 Å². The maximum atomic E-state index is 11.0. The number of hydrogen-bond donors (Lipinski definition) is 0. The molecule has 0 bridgehead atoms. The molecule has 0 saturated heterocycles. The van der Waals surface area contributed by atoms with Gasteiger partial charge in [0.05, 0.1) is 6.07 Å². The molecule has 13 heavy (non-hydrogen) atoms. The SMILES string of the molecule is CC(=O)C(C#N)c1ccc(C)nc1. The van der Waals surface area contributed by atoms with Crippen molar-refractivity contribution < 1.29 is 4.79 Å². The molecule has 3 nitrogen and oxygen atoms in total. The molecule has 0 spiro atoms. The lowest BCUT2D eigenvalue weighted by Gasteiger charge is -2.03. The molecule has 0 aliphatic heterocycles. The smallest absolute Gasteiger partial charge is 0.151 e. The summed E-state index contributed by atoms with van der Waals surface area (Å²) in [5.74, 6) is -0.818. The van der Waals surface area contributed by atoms with Crippen LogP contribution in [-0.2, 0) is 4.79 Å². The number of nitriles is 1. The van der Waals surface area contributed by atoms with Crippen LogP contribution in [0.4, 0.5) is 0 Å². The molecule has 1 rings (SSSR count). The Hall–Kier alpha value is -1.69. The maximum absolute atomic E-state index is 11.0. The van der Waals surface area contributed by atoms with E-state index in [1.807, 2.05) is 13.0 Å². The molecular formula is C10H10N2O. The monoisotopic (exact) mass is 174 g/mol. The standard InChI is InChI=1S/C10H10N2O/c1-7-3-4-9(6-12-7)10(5-11)8(2)13/h3-4,6,10H,1-2H3. The first kappa shape index (κ1) is 9.40. The highest BCUT2D eigenvalue weighted by molar-refractivity contribution is 5.86. The van der Waals surface area contributed by atoms with Crippen molar-refractivity contribution in [3.05, 3.63) is 29.6 Å². The fourth-order valence-electron chi connectivity index (χ4n) is 1.05. The summed E-state index contributed by atoms with van der Waals surface area (Å²) in [4.78, 5) is 15.0. The van der Waals surface area contributed by atoms with Crippen LogP contribution in [0.5, 0.6) is 0 Å². The van der Waals surface area contributed by atoms with Gasteiger partial charge >= 0.3 is 0 Å². The van der Waals surface area contributed by atoms with E-state index in [-0.39, 0.29) is 5.78 Å². The lowest BCUT2D eigenvalue weighted by atomic mass is 9.99. The molecule has 0 aliphatic rings. The first-order valence-electron chi connectivity index (χ1n) is 3.97. The Morgan fingerprint density at radius 3 is 2.69 bits per heavy atom. The number of carbonyl (C=O) groups excluding carboxylic acids is 1. The van der Waals surface area contributed by atoms with Gasteiger partial charge in [0.2, 0.25) is 0 Å². The zero-order valence-electron chi connectivity index (χ0n) is 7.61. The van der Waals surface area contributed by atoms with E-state index >= 15 is 0 Å². The van der Waals surface area contributed by atoms with Crippen molar-refractivity contribution in [1.29, 1.82) is 5.26 Å². The van der Waals surface area contributed by atoms with Crippen LogP contribution in [0.3, 0.4) is 0 Å². The second-order valence-corrected chi connectivity index (χ2v) is 2.91. The number of Topliss-reactive ketones (excluding diaryl/α,β-unsaturated/α-hetero) is 1. The predicted octanol–water partition coefficient (Wildman–Crippen LogP) is 1.59. The quantitative estimate of drug-likeness (QED) is 0.684. The van der Waals surface area contributed by atoms with E-state index in [9.17, 15) is 4.79 Å². The lowest BCUT2D eigenvalue weighted by Crippen LogP contribution is -2.06. The van der Waals surface area contributed by atoms with Crippen LogP contribution < -0.4 is 0 Å². The lowest BCUT2D eigenvalue weighted by molar-refractivity contribution is -0.117. The maximum Gasteiger partial charge on any atom is 0.151 e. The fraction of sp³-hybridized carbons (Fsp3) is 0.300. The van der Waals surface area contributed by atoms with Gasteiger partial charge in [-0.1, -0.05) is 6.07 Å². The number of rotatable bonds is 2. The van der Waals surface area contributed by atoms with Gasteiger partial charge in [-0.2, -0.15) is 5.26 Å². The molecule has 0 saturated carbocycles. The number of nitrogens with zero attached hydrogens (tertiary/aromatic N) is 2. The van der Waals surface area contributed by atoms with E-state index in [1.165, 1.54) is 6.92 Å². The zero-order chi connectivity index (χ0) is 9.84. The van der Waals surface area contributed by atoms with Crippen LogP contribution in [0, 0.1) is 18.3 Å². The third kappa shape index (κ3) is 2.12. The molecule has 1 heterocycles. The Bertz CT molecular complexity index is 348. The normalized spacial score (nSPS) is 11.8. The van der Waals surface area contributed by atoms with Gasteiger partial charge < -0.3 is 0 Å². The van der Waals surface area contributed by atoms with Gasteiger partial charge in [-0.15, -0.1) is 0 Å². The van der Waals surface area contributed by atoms with Gasteiger partial charge in [-0.25, -0.2) is 0 Å². The van der Waals surface area contributed by atoms with Crippen LogP contribution >= 0.6 is 0 Å². The van der Waals surface area contributed by atoms with E-state index < -0.39 is 5.92 Å². The second-order valence-electron chi connectivity index (χ2n) is 2.91. The summed E-state index contributed by atoms with van der Waals surface area (Å²) in [5.41, 5.74) is 1.55. The van der Waals surface area contributed by atoms with Crippen LogP contribution in [0.15, 0.2) is 18.3 Å².